The molecule has 0 saturated carbocycles. The first-order valence-electron chi connectivity index (χ1n) is 5.57. The standard InChI is InChI=1S/C13H17N3/c1-4-11-6-5-7-12(8-11)16-9-10(2)15-13(16)14-3/h5-9H,4H2,1-3H3,(H,14,15). The van der Waals surface area contributed by atoms with E-state index in [0.717, 1.165) is 23.8 Å². The molecule has 16 heavy (non-hydrogen) atoms. The van der Waals surface area contributed by atoms with E-state index in [0.29, 0.717) is 0 Å². The molecule has 0 fully saturated rings. The van der Waals surface area contributed by atoms with Crippen molar-refractivity contribution in [2.75, 3.05) is 12.4 Å². The number of nitrogens with zero attached hydrogens (tertiary/aromatic N) is 2. The molecule has 0 bridgehead atoms. The van der Waals surface area contributed by atoms with Crippen LogP contribution in [-0.2, 0) is 6.42 Å². The summed E-state index contributed by atoms with van der Waals surface area (Å²) in [5.74, 6) is 0.880. The number of aromatic nitrogens is 2. The smallest absolute Gasteiger partial charge is 0.207 e. The lowest BCUT2D eigenvalue weighted by molar-refractivity contribution is 1.04. The lowest BCUT2D eigenvalue weighted by atomic mass is 10.1. The number of benzene rings is 1. The first-order chi connectivity index (χ1) is 7.74. The van der Waals surface area contributed by atoms with Crippen LogP contribution in [0.1, 0.15) is 18.2 Å². The van der Waals surface area contributed by atoms with Crippen molar-refractivity contribution in [1.82, 2.24) is 9.55 Å². The van der Waals surface area contributed by atoms with Crippen LogP contribution in [0.15, 0.2) is 30.5 Å². The average Bonchev–Trinajstić information content (AvgIpc) is 2.70. The van der Waals surface area contributed by atoms with E-state index in [1.165, 1.54) is 5.56 Å². The molecule has 84 valence electrons. The predicted molar refractivity (Wildman–Crippen MR) is 67.2 cm³/mol. The van der Waals surface area contributed by atoms with Crippen LogP contribution in [0.4, 0.5) is 5.95 Å². The second kappa shape index (κ2) is 4.39. The Morgan fingerprint density at radius 1 is 1.38 bits per heavy atom. The van der Waals surface area contributed by atoms with E-state index in [2.05, 4.69) is 46.1 Å². The molecule has 0 aliphatic rings. The molecule has 2 rings (SSSR count). The van der Waals surface area contributed by atoms with Crippen molar-refractivity contribution in [2.24, 2.45) is 0 Å². The minimum atomic E-state index is 0.880. The van der Waals surface area contributed by atoms with E-state index in [-0.39, 0.29) is 0 Å². The molecule has 0 saturated heterocycles. The van der Waals surface area contributed by atoms with Gasteiger partial charge in [-0.3, -0.25) is 4.57 Å². The minimum Gasteiger partial charge on any atom is -0.358 e. The van der Waals surface area contributed by atoms with Crippen molar-refractivity contribution in [1.29, 1.82) is 0 Å². The van der Waals surface area contributed by atoms with Crippen LogP contribution in [0.2, 0.25) is 0 Å². The van der Waals surface area contributed by atoms with Gasteiger partial charge in [-0.1, -0.05) is 19.1 Å². The van der Waals surface area contributed by atoms with E-state index < -0.39 is 0 Å². The molecule has 1 N–H and O–H groups in total. The lowest BCUT2D eigenvalue weighted by Crippen LogP contribution is -2.00. The summed E-state index contributed by atoms with van der Waals surface area (Å²) in [6, 6.07) is 8.53. The summed E-state index contributed by atoms with van der Waals surface area (Å²) in [7, 11) is 1.89. The Kier molecular flexibility index (Phi) is 2.95. The second-order valence-electron chi connectivity index (χ2n) is 3.85. The van der Waals surface area contributed by atoms with Crippen LogP contribution in [0.5, 0.6) is 0 Å². The van der Waals surface area contributed by atoms with Crippen molar-refractivity contribution in [3.8, 4) is 5.69 Å². The fourth-order valence-electron chi connectivity index (χ4n) is 1.80. The molecule has 1 heterocycles. The van der Waals surface area contributed by atoms with Gasteiger partial charge in [0.25, 0.3) is 0 Å². The molecular formula is C13H17N3. The zero-order valence-electron chi connectivity index (χ0n) is 9.99. The van der Waals surface area contributed by atoms with Crippen molar-refractivity contribution in [3.63, 3.8) is 0 Å². The maximum absolute atomic E-state index is 4.41. The molecule has 2 aromatic rings. The number of rotatable bonds is 3. The fourth-order valence-corrected chi connectivity index (χ4v) is 1.80. The quantitative estimate of drug-likeness (QED) is 0.853. The largest absolute Gasteiger partial charge is 0.358 e. The van der Waals surface area contributed by atoms with Crippen LogP contribution in [0.3, 0.4) is 0 Å². The van der Waals surface area contributed by atoms with E-state index in [9.17, 15) is 0 Å². The highest BCUT2D eigenvalue weighted by Crippen LogP contribution is 2.17. The Balaban J connectivity index is 2.48. The molecular weight excluding hydrogens is 198 g/mol. The van der Waals surface area contributed by atoms with Crippen LogP contribution in [0.25, 0.3) is 5.69 Å². The molecule has 0 aliphatic heterocycles. The van der Waals surface area contributed by atoms with E-state index in [1.807, 2.05) is 20.2 Å². The highest BCUT2D eigenvalue weighted by Gasteiger charge is 2.05. The van der Waals surface area contributed by atoms with Gasteiger partial charge in [-0.2, -0.15) is 0 Å². The summed E-state index contributed by atoms with van der Waals surface area (Å²) in [4.78, 5) is 4.41. The van der Waals surface area contributed by atoms with Crippen molar-refractivity contribution < 1.29 is 0 Å². The van der Waals surface area contributed by atoms with Crippen LogP contribution in [0, 0.1) is 6.92 Å². The topological polar surface area (TPSA) is 29.9 Å². The molecule has 0 atom stereocenters. The van der Waals surface area contributed by atoms with Crippen molar-refractivity contribution in [2.45, 2.75) is 20.3 Å². The Hall–Kier alpha value is -1.77. The van der Waals surface area contributed by atoms with Gasteiger partial charge in [0, 0.05) is 18.9 Å². The van der Waals surface area contributed by atoms with E-state index in [4.69, 9.17) is 0 Å². The minimum absolute atomic E-state index is 0.880. The number of hydrogen-bond donors (Lipinski definition) is 1. The SMILES string of the molecule is CCc1cccc(-n2cc(C)nc2NC)c1. The molecule has 0 spiro atoms. The van der Waals surface area contributed by atoms with Crippen molar-refractivity contribution >= 4 is 5.95 Å². The van der Waals surface area contributed by atoms with Gasteiger partial charge >= 0.3 is 0 Å². The van der Waals surface area contributed by atoms with Gasteiger partial charge in [-0.15, -0.1) is 0 Å². The molecule has 0 unspecified atom stereocenters. The summed E-state index contributed by atoms with van der Waals surface area (Å²) >= 11 is 0. The first kappa shape index (κ1) is 10.7. The number of anilines is 1. The molecule has 0 radical (unpaired) electrons. The Bertz CT molecular complexity index is 486. The number of imidazole rings is 1. The number of nitrogens with one attached hydrogen (secondary N) is 1. The molecule has 0 aliphatic carbocycles. The van der Waals surface area contributed by atoms with Gasteiger partial charge in [0.2, 0.25) is 5.95 Å². The van der Waals surface area contributed by atoms with Gasteiger partial charge in [-0.25, -0.2) is 4.98 Å². The monoisotopic (exact) mass is 215 g/mol. The molecule has 1 aromatic heterocycles. The predicted octanol–water partition coefficient (Wildman–Crippen LogP) is 2.78. The Labute approximate surface area is 96.1 Å². The lowest BCUT2D eigenvalue weighted by Gasteiger charge is -2.08. The third-order valence-electron chi connectivity index (χ3n) is 2.65. The average molecular weight is 215 g/mol. The van der Waals surface area contributed by atoms with Crippen LogP contribution < -0.4 is 5.32 Å². The highest BCUT2D eigenvalue weighted by molar-refractivity contribution is 5.44. The van der Waals surface area contributed by atoms with Crippen LogP contribution >= 0.6 is 0 Å². The van der Waals surface area contributed by atoms with Gasteiger partial charge in [0.1, 0.15) is 0 Å². The maximum atomic E-state index is 4.41. The molecule has 3 nitrogen and oxygen atoms in total. The zero-order chi connectivity index (χ0) is 11.5. The normalized spacial score (nSPS) is 10.4. The summed E-state index contributed by atoms with van der Waals surface area (Å²) < 4.78 is 2.08. The zero-order valence-corrected chi connectivity index (χ0v) is 9.99. The third kappa shape index (κ3) is 1.94. The van der Waals surface area contributed by atoms with Gasteiger partial charge in [0.15, 0.2) is 0 Å². The van der Waals surface area contributed by atoms with Crippen LogP contribution in [-0.4, -0.2) is 16.6 Å². The number of aryl methyl sites for hydroxylation is 2. The van der Waals surface area contributed by atoms with Gasteiger partial charge < -0.3 is 5.32 Å². The summed E-state index contributed by atoms with van der Waals surface area (Å²) in [5.41, 5.74) is 3.52. The molecule has 3 heteroatoms. The second-order valence-corrected chi connectivity index (χ2v) is 3.85. The maximum Gasteiger partial charge on any atom is 0.207 e. The number of hydrogen-bond acceptors (Lipinski definition) is 2. The summed E-state index contributed by atoms with van der Waals surface area (Å²) in [6.07, 6.45) is 3.09. The van der Waals surface area contributed by atoms with Crippen molar-refractivity contribution in [3.05, 3.63) is 41.7 Å². The third-order valence-corrected chi connectivity index (χ3v) is 2.65. The van der Waals surface area contributed by atoms with E-state index >= 15 is 0 Å². The summed E-state index contributed by atoms with van der Waals surface area (Å²) in [6.45, 7) is 4.16. The summed E-state index contributed by atoms with van der Waals surface area (Å²) in [5, 5.41) is 3.10. The van der Waals surface area contributed by atoms with Gasteiger partial charge in [-0.05, 0) is 31.0 Å². The molecule has 0 amide bonds. The first-order valence-corrected chi connectivity index (χ1v) is 5.57. The Morgan fingerprint density at radius 3 is 2.88 bits per heavy atom. The fraction of sp³-hybridized carbons (Fsp3) is 0.308. The molecule has 1 aromatic carbocycles. The van der Waals surface area contributed by atoms with Gasteiger partial charge in [0.05, 0.1) is 5.69 Å². The highest BCUT2D eigenvalue weighted by atomic mass is 15.2. The Morgan fingerprint density at radius 2 is 2.19 bits per heavy atom. The van der Waals surface area contributed by atoms with E-state index in [1.54, 1.807) is 0 Å².